The van der Waals surface area contributed by atoms with E-state index in [1.54, 1.807) is 23.0 Å². The zero-order valence-electron chi connectivity index (χ0n) is 17.0. The van der Waals surface area contributed by atoms with Crippen molar-refractivity contribution < 1.29 is 4.39 Å². The van der Waals surface area contributed by atoms with E-state index >= 15 is 0 Å². The minimum atomic E-state index is -0.298. The summed E-state index contributed by atoms with van der Waals surface area (Å²) in [6, 6.07) is 18.5. The van der Waals surface area contributed by atoms with Crippen molar-refractivity contribution >= 4 is 22.7 Å². The molecule has 0 saturated heterocycles. The number of halogens is 1. The summed E-state index contributed by atoms with van der Waals surface area (Å²) in [5.41, 5.74) is 5.66. The van der Waals surface area contributed by atoms with Crippen LogP contribution in [0.5, 0.6) is 0 Å². The molecule has 0 aliphatic rings. The van der Waals surface area contributed by atoms with Gasteiger partial charge in [-0.1, -0.05) is 36.4 Å². The Morgan fingerprint density at radius 1 is 0.967 bits per heavy atom. The van der Waals surface area contributed by atoms with Crippen LogP contribution >= 0.6 is 11.3 Å². The minimum Gasteiger partial charge on any atom is -0.255 e. The fraction of sp³-hybridized carbons (Fsp3) is 0.125. The van der Waals surface area contributed by atoms with Crippen LogP contribution < -0.4 is 4.80 Å². The van der Waals surface area contributed by atoms with E-state index < -0.39 is 0 Å². The highest BCUT2D eigenvalue weighted by atomic mass is 32.1. The molecule has 2 aromatic heterocycles. The second kappa shape index (κ2) is 8.55. The van der Waals surface area contributed by atoms with Gasteiger partial charge in [-0.2, -0.15) is 5.10 Å². The van der Waals surface area contributed by atoms with Crippen LogP contribution in [0.4, 0.5) is 10.1 Å². The summed E-state index contributed by atoms with van der Waals surface area (Å²) >= 11 is 1.43. The zero-order valence-corrected chi connectivity index (χ0v) is 17.8. The predicted molar refractivity (Wildman–Crippen MR) is 121 cm³/mol. The highest BCUT2D eigenvalue weighted by Gasteiger charge is 2.13. The van der Waals surface area contributed by atoms with E-state index in [9.17, 15) is 4.39 Å². The van der Waals surface area contributed by atoms with Gasteiger partial charge >= 0.3 is 0 Å². The Bertz CT molecular complexity index is 1270. The van der Waals surface area contributed by atoms with Gasteiger partial charge in [-0.05, 0) is 56.2 Å². The number of hydrogen-bond donors (Lipinski definition) is 0. The summed E-state index contributed by atoms with van der Waals surface area (Å²) in [6.07, 6.45) is 1.73. The molecule has 0 bridgehead atoms. The van der Waals surface area contributed by atoms with Crippen LogP contribution in [-0.4, -0.2) is 15.4 Å². The number of hydrogen-bond acceptors (Lipinski definition) is 4. The van der Waals surface area contributed by atoms with Crippen LogP contribution in [0, 0.1) is 19.7 Å². The van der Waals surface area contributed by atoms with Crippen LogP contribution in [0.1, 0.15) is 23.7 Å². The Balaban J connectivity index is 1.97. The first-order valence-corrected chi connectivity index (χ1v) is 10.5. The Labute approximate surface area is 178 Å². The average Bonchev–Trinajstić information content (AvgIpc) is 3.13. The second-order valence-electron chi connectivity index (χ2n) is 6.95. The molecule has 0 spiro atoms. The van der Waals surface area contributed by atoms with Crippen molar-refractivity contribution in [3.05, 3.63) is 99.7 Å². The third-order valence-corrected chi connectivity index (χ3v) is 5.58. The molecule has 0 radical (unpaired) electrons. The molecule has 4 aromatic rings. The average molecular weight is 417 g/mol. The van der Waals surface area contributed by atoms with Crippen LogP contribution in [0.3, 0.4) is 0 Å². The van der Waals surface area contributed by atoms with Crippen molar-refractivity contribution in [3.8, 4) is 11.3 Å². The van der Waals surface area contributed by atoms with Crippen molar-refractivity contribution in [2.75, 3.05) is 0 Å². The predicted octanol–water partition coefficient (Wildman–Crippen LogP) is 5.87. The summed E-state index contributed by atoms with van der Waals surface area (Å²) in [4.78, 5) is 9.94. The molecule has 6 heteroatoms. The van der Waals surface area contributed by atoms with E-state index in [1.807, 2.05) is 68.6 Å². The molecule has 0 N–H and O–H groups in total. The number of rotatable bonds is 4. The van der Waals surface area contributed by atoms with Gasteiger partial charge in [0.05, 0.1) is 22.8 Å². The van der Waals surface area contributed by atoms with E-state index in [2.05, 4.69) is 4.98 Å². The molecule has 2 heterocycles. The molecular formula is C24H21FN4S. The maximum absolute atomic E-state index is 14.6. The van der Waals surface area contributed by atoms with Gasteiger partial charge in [-0.3, -0.25) is 4.98 Å². The van der Waals surface area contributed by atoms with Gasteiger partial charge in [0.1, 0.15) is 5.82 Å². The van der Waals surface area contributed by atoms with E-state index in [4.69, 9.17) is 10.1 Å². The summed E-state index contributed by atoms with van der Waals surface area (Å²) in [6.45, 7) is 5.95. The molecule has 150 valence electrons. The quantitative estimate of drug-likeness (QED) is 0.384. The molecule has 0 aliphatic carbocycles. The standard InChI is InChI=1S/C24H21FN4S/c1-16-9-8-10-17(2)23(16)27-24-29(28-18(3)21-13-6-7-14-26-21)22(15-30-24)19-11-4-5-12-20(19)25/h4-15H,1-3H3. The lowest BCUT2D eigenvalue weighted by Crippen LogP contribution is -2.14. The first kappa shape index (κ1) is 19.9. The monoisotopic (exact) mass is 416 g/mol. The van der Waals surface area contributed by atoms with Gasteiger partial charge in [-0.15, -0.1) is 11.3 Å². The number of nitrogens with zero attached hydrogens (tertiary/aromatic N) is 4. The van der Waals surface area contributed by atoms with Crippen molar-refractivity contribution in [2.45, 2.75) is 20.8 Å². The first-order chi connectivity index (χ1) is 14.5. The summed E-state index contributed by atoms with van der Waals surface area (Å²) in [5, 5.41) is 6.67. The highest BCUT2D eigenvalue weighted by molar-refractivity contribution is 7.07. The molecular weight excluding hydrogens is 395 g/mol. The first-order valence-electron chi connectivity index (χ1n) is 9.58. The van der Waals surface area contributed by atoms with Gasteiger partial charge in [0.15, 0.2) is 0 Å². The number of pyridine rings is 1. The molecule has 4 nitrogen and oxygen atoms in total. The fourth-order valence-corrected chi connectivity index (χ4v) is 4.01. The van der Waals surface area contributed by atoms with Crippen LogP contribution in [0.2, 0.25) is 0 Å². The molecule has 0 saturated carbocycles. The topological polar surface area (TPSA) is 42.5 Å². The normalized spacial score (nSPS) is 12.4. The third-order valence-electron chi connectivity index (χ3n) is 4.77. The van der Waals surface area contributed by atoms with Gasteiger partial charge in [0.2, 0.25) is 4.80 Å². The molecule has 0 amide bonds. The zero-order chi connectivity index (χ0) is 21.1. The minimum absolute atomic E-state index is 0.298. The number of benzene rings is 2. The van der Waals surface area contributed by atoms with Crippen molar-refractivity contribution in [1.29, 1.82) is 0 Å². The number of aryl methyl sites for hydroxylation is 2. The Morgan fingerprint density at radius 3 is 2.40 bits per heavy atom. The molecule has 0 atom stereocenters. The van der Waals surface area contributed by atoms with Gasteiger partial charge < -0.3 is 0 Å². The molecule has 30 heavy (non-hydrogen) atoms. The molecule has 2 aromatic carbocycles. The van der Waals surface area contributed by atoms with E-state index in [0.717, 1.165) is 28.2 Å². The summed E-state index contributed by atoms with van der Waals surface area (Å²) in [7, 11) is 0. The number of aromatic nitrogens is 2. The van der Waals surface area contributed by atoms with Crippen molar-refractivity contribution in [2.24, 2.45) is 10.1 Å². The number of para-hydroxylation sites is 1. The maximum Gasteiger partial charge on any atom is 0.211 e. The molecule has 0 unspecified atom stereocenters. The molecule has 4 rings (SSSR count). The Morgan fingerprint density at radius 2 is 1.70 bits per heavy atom. The highest BCUT2D eigenvalue weighted by Crippen LogP contribution is 2.26. The van der Waals surface area contributed by atoms with E-state index in [-0.39, 0.29) is 5.82 Å². The summed E-state index contributed by atoms with van der Waals surface area (Å²) < 4.78 is 16.3. The van der Waals surface area contributed by atoms with Gasteiger partial charge in [0, 0.05) is 17.1 Å². The fourth-order valence-electron chi connectivity index (χ4n) is 3.18. The number of thiazole rings is 1. The third kappa shape index (κ3) is 4.00. The summed E-state index contributed by atoms with van der Waals surface area (Å²) in [5.74, 6) is -0.298. The lowest BCUT2D eigenvalue weighted by molar-refractivity contribution is 0.629. The second-order valence-corrected chi connectivity index (χ2v) is 7.78. The molecule has 0 aliphatic heterocycles. The van der Waals surface area contributed by atoms with Gasteiger partial charge in [-0.25, -0.2) is 14.1 Å². The van der Waals surface area contributed by atoms with E-state index in [1.165, 1.54) is 17.4 Å². The van der Waals surface area contributed by atoms with Crippen molar-refractivity contribution in [1.82, 2.24) is 9.66 Å². The lowest BCUT2D eigenvalue weighted by Gasteiger charge is -2.08. The van der Waals surface area contributed by atoms with Crippen LogP contribution in [-0.2, 0) is 0 Å². The Kier molecular flexibility index (Phi) is 5.68. The molecule has 0 fully saturated rings. The van der Waals surface area contributed by atoms with Gasteiger partial charge in [0.25, 0.3) is 0 Å². The Hall–Kier alpha value is -3.38. The van der Waals surface area contributed by atoms with Crippen molar-refractivity contribution in [3.63, 3.8) is 0 Å². The largest absolute Gasteiger partial charge is 0.255 e. The van der Waals surface area contributed by atoms with E-state index in [0.29, 0.717) is 16.1 Å². The van der Waals surface area contributed by atoms with Crippen LogP contribution in [0.25, 0.3) is 11.3 Å². The maximum atomic E-state index is 14.6. The smallest absolute Gasteiger partial charge is 0.211 e. The SMILES string of the molecule is CC(=Nn1c(-c2ccccc2F)csc1=Nc1c(C)cccc1C)c1ccccn1. The van der Waals surface area contributed by atoms with Crippen LogP contribution in [0.15, 0.2) is 82.3 Å². The lowest BCUT2D eigenvalue weighted by atomic mass is 10.1.